The lowest BCUT2D eigenvalue weighted by atomic mass is 10.0. The first-order valence-corrected chi connectivity index (χ1v) is 8.12. The van der Waals surface area contributed by atoms with E-state index in [9.17, 15) is 9.59 Å². The number of hydrazone groups is 1. The molecule has 23 heavy (non-hydrogen) atoms. The molecule has 2 rings (SSSR count). The van der Waals surface area contributed by atoms with Crippen LogP contribution in [0.4, 0.5) is 0 Å². The van der Waals surface area contributed by atoms with Gasteiger partial charge in [-0.3, -0.25) is 9.59 Å². The van der Waals surface area contributed by atoms with Crippen molar-refractivity contribution in [3.8, 4) is 0 Å². The highest BCUT2D eigenvalue weighted by molar-refractivity contribution is 7.10. The molecule has 7 heteroatoms. The van der Waals surface area contributed by atoms with Crippen molar-refractivity contribution in [1.82, 2.24) is 10.7 Å². The van der Waals surface area contributed by atoms with Crippen LogP contribution in [0.15, 0.2) is 45.4 Å². The van der Waals surface area contributed by atoms with E-state index >= 15 is 0 Å². The molecule has 2 aromatic heterocycles. The molecule has 0 radical (unpaired) electrons. The van der Waals surface area contributed by atoms with Gasteiger partial charge in [-0.15, -0.1) is 11.3 Å². The molecular formula is C16H19N3O3S. The quantitative estimate of drug-likeness (QED) is 0.602. The van der Waals surface area contributed by atoms with Gasteiger partial charge in [-0.1, -0.05) is 19.9 Å². The molecule has 0 aromatic carbocycles. The molecule has 2 heterocycles. The van der Waals surface area contributed by atoms with E-state index in [0.717, 1.165) is 4.88 Å². The Hall–Kier alpha value is -2.41. The monoisotopic (exact) mass is 333 g/mol. The molecule has 0 bridgehead atoms. The van der Waals surface area contributed by atoms with E-state index in [1.807, 2.05) is 31.4 Å². The fraction of sp³-hybridized carbons (Fsp3) is 0.312. The number of hydrogen-bond donors (Lipinski definition) is 2. The molecular weight excluding hydrogens is 314 g/mol. The third-order valence-electron chi connectivity index (χ3n) is 3.09. The Morgan fingerprint density at radius 2 is 2.17 bits per heavy atom. The van der Waals surface area contributed by atoms with Crippen LogP contribution < -0.4 is 10.7 Å². The molecule has 2 aromatic rings. The molecule has 0 fully saturated rings. The van der Waals surface area contributed by atoms with Gasteiger partial charge in [0, 0.05) is 4.88 Å². The minimum atomic E-state index is -0.642. The van der Waals surface area contributed by atoms with Crippen LogP contribution in [0.1, 0.15) is 24.5 Å². The van der Waals surface area contributed by atoms with Crippen LogP contribution in [0.3, 0.4) is 0 Å². The molecule has 0 aliphatic carbocycles. The summed E-state index contributed by atoms with van der Waals surface area (Å²) in [6.45, 7) is 3.73. The van der Waals surface area contributed by atoms with Gasteiger partial charge in [0.05, 0.1) is 18.9 Å². The molecule has 0 unspecified atom stereocenters. The van der Waals surface area contributed by atoms with Crippen molar-refractivity contribution in [2.45, 2.75) is 26.3 Å². The highest BCUT2D eigenvalue weighted by atomic mass is 32.1. The molecule has 0 saturated heterocycles. The van der Waals surface area contributed by atoms with Crippen LogP contribution in [-0.2, 0) is 16.0 Å². The molecule has 1 atom stereocenters. The Kier molecular flexibility index (Phi) is 6.10. The van der Waals surface area contributed by atoms with Crippen LogP contribution >= 0.6 is 11.3 Å². The Bertz CT molecular complexity index is 648. The van der Waals surface area contributed by atoms with E-state index in [1.165, 1.54) is 23.8 Å². The van der Waals surface area contributed by atoms with E-state index in [1.54, 1.807) is 12.1 Å². The molecule has 0 aliphatic rings. The molecule has 2 N–H and O–H groups in total. The second-order valence-electron chi connectivity index (χ2n) is 5.30. The van der Waals surface area contributed by atoms with Crippen molar-refractivity contribution >= 4 is 29.4 Å². The first kappa shape index (κ1) is 17.0. The number of thiophene rings is 1. The normalized spacial score (nSPS) is 12.5. The zero-order valence-corrected chi connectivity index (χ0v) is 13.8. The molecule has 2 amide bonds. The first-order valence-electron chi connectivity index (χ1n) is 7.24. The van der Waals surface area contributed by atoms with Crippen molar-refractivity contribution in [2.75, 3.05) is 0 Å². The third-order valence-corrected chi connectivity index (χ3v) is 3.97. The van der Waals surface area contributed by atoms with Gasteiger partial charge >= 0.3 is 0 Å². The summed E-state index contributed by atoms with van der Waals surface area (Å²) in [5, 5.41) is 8.50. The lowest BCUT2D eigenvalue weighted by molar-refractivity contribution is -0.129. The molecule has 0 saturated carbocycles. The average Bonchev–Trinajstić information content (AvgIpc) is 3.17. The maximum atomic E-state index is 12.2. The Labute approximate surface area is 138 Å². The van der Waals surface area contributed by atoms with Crippen molar-refractivity contribution in [1.29, 1.82) is 0 Å². The second kappa shape index (κ2) is 8.28. The van der Waals surface area contributed by atoms with Crippen molar-refractivity contribution in [3.63, 3.8) is 0 Å². The van der Waals surface area contributed by atoms with Gasteiger partial charge in [-0.25, -0.2) is 5.43 Å². The van der Waals surface area contributed by atoms with Crippen molar-refractivity contribution in [3.05, 3.63) is 46.5 Å². The summed E-state index contributed by atoms with van der Waals surface area (Å²) in [6, 6.07) is 6.59. The van der Waals surface area contributed by atoms with Gasteiger partial charge in [0.15, 0.2) is 0 Å². The number of nitrogens with one attached hydrogen (secondary N) is 2. The van der Waals surface area contributed by atoms with E-state index in [4.69, 9.17) is 4.42 Å². The second-order valence-corrected chi connectivity index (χ2v) is 6.33. The van der Waals surface area contributed by atoms with E-state index < -0.39 is 6.04 Å². The van der Waals surface area contributed by atoms with Gasteiger partial charge in [-0.05, 0) is 29.5 Å². The standard InChI is InChI=1S/C16H19N3O3S/c1-11(2)15(18-14(20)9-13-6-4-8-23-13)16(21)19-17-10-12-5-3-7-22-12/h3-8,10-11,15H,9H2,1-2H3,(H,18,20)(H,19,21)/t15-/m0/s1. The molecule has 0 aliphatic heterocycles. The highest BCUT2D eigenvalue weighted by Crippen LogP contribution is 2.10. The first-order chi connectivity index (χ1) is 11.1. The van der Waals surface area contributed by atoms with Gasteiger partial charge in [-0.2, -0.15) is 5.10 Å². The highest BCUT2D eigenvalue weighted by Gasteiger charge is 2.24. The maximum Gasteiger partial charge on any atom is 0.262 e. The largest absolute Gasteiger partial charge is 0.463 e. The SMILES string of the molecule is CC(C)[C@H](NC(=O)Cc1cccs1)C(=O)NN=Cc1ccco1. The smallest absolute Gasteiger partial charge is 0.262 e. The van der Waals surface area contributed by atoms with Gasteiger partial charge in [0.1, 0.15) is 11.8 Å². The number of carbonyl (C=O) groups excluding carboxylic acids is 2. The van der Waals surface area contributed by atoms with Gasteiger partial charge < -0.3 is 9.73 Å². The average molecular weight is 333 g/mol. The Morgan fingerprint density at radius 1 is 1.35 bits per heavy atom. The van der Waals surface area contributed by atoms with Crippen LogP contribution in [0.2, 0.25) is 0 Å². The topological polar surface area (TPSA) is 83.7 Å². The molecule has 6 nitrogen and oxygen atoms in total. The third kappa shape index (κ3) is 5.37. The van der Waals surface area contributed by atoms with Gasteiger partial charge in [0.2, 0.25) is 5.91 Å². The summed E-state index contributed by atoms with van der Waals surface area (Å²) >= 11 is 1.51. The zero-order valence-electron chi connectivity index (χ0n) is 13.0. The summed E-state index contributed by atoms with van der Waals surface area (Å²) in [5.41, 5.74) is 2.42. The van der Waals surface area contributed by atoms with E-state index in [0.29, 0.717) is 5.76 Å². The summed E-state index contributed by atoms with van der Waals surface area (Å²) < 4.78 is 5.08. The number of nitrogens with zero attached hydrogens (tertiary/aromatic N) is 1. The number of amides is 2. The predicted molar refractivity (Wildman–Crippen MR) is 89.2 cm³/mol. The van der Waals surface area contributed by atoms with Crippen LogP contribution in [-0.4, -0.2) is 24.1 Å². The number of carbonyl (C=O) groups is 2. The minimum absolute atomic E-state index is 0.0545. The van der Waals surface area contributed by atoms with Gasteiger partial charge in [0.25, 0.3) is 5.91 Å². The van der Waals surface area contributed by atoms with Crippen LogP contribution in [0, 0.1) is 5.92 Å². The lowest BCUT2D eigenvalue weighted by Crippen LogP contribution is -2.49. The lowest BCUT2D eigenvalue weighted by Gasteiger charge is -2.20. The molecule has 122 valence electrons. The Morgan fingerprint density at radius 3 is 2.78 bits per heavy atom. The summed E-state index contributed by atoms with van der Waals surface area (Å²) in [5.74, 6) is -0.0622. The Balaban J connectivity index is 1.89. The van der Waals surface area contributed by atoms with Crippen molar-refractivity contribution < 1.29 is 14.0 Å². The van der Waals surface area contributed by atoms with E-state index in [-0.39, 0.29) is 24.2 Å². The predicted octanol–water partition coefficient (Wildman–Crippen LogP) is 2.17. The number of rotatable bonds is 7. The summed E-state index contributed by atoms with van der Waals surface area (Å²) in [4.78, 5) is 25.2. The number of furan rings is 1. The fourth-order valence-corrected chi connectivity index (χ4v) is 2.63. The van der Waals surface area contributed by atoms with Crippen LogP contribution in [0.25, 0.3) is 0 Å². The maximum absolute atomic E-state index is 12.2. The van der Waals surface area contributed by atoms with E-state index in [2.05, 4.69) is 15.8 Å². The minimum Gasteiger partial charge on any atom is -0.463 e. The summed E-state index contributed by atoms with van der Waals surface area (Å²) in [6.07, 6.45) is 3.19. The zero-order chi connectivity index (χ0) is 16.7. The van der Waals surface area contributed by atoms with Crippen molar-refractivity contribution in [2.24, 2.45) is 11.0 Å². The number of hydrogen-bond acceptors (Lipinski definition) is 5. The van der Waals surface area contributed by atoms with Crippen LogP contribution in [0.5, 0.6) is 0 Å². The molecule has 0 spiro atoms. The fourth-order valence-electron chi connectivity index (χ4n) is 1.92. The summed E-state index contributed by atoms with van der Waals surface area (Å²) in [7, 11) is 0.